The Kier molecular flexibility index (Phi) is 4.45. The Morgan fingerprint density at radius 2 is 2.22 bits per heavy atom. The second kappa shape index (κ2) is 7.06. The van der Waals surface area contributed by atoms with Gasteiger partial charge in [-0.05, 0) is 48.9 Å². The number of aromatic amines is 1. The summed E-state index contributed by atoms with van der Waals surface area (Å²) in [4.78, 5) is 14.7. The SMILES string of the molecule is Cc1ccc2c(c1)N(CC(=O)Nc1cccc(-c3nn[nH]n3)c1)CC(C)O2. The molecule has 0 aliphatic carbocycles. The number of carbonyl (C=O) groups excluding carboxylic acids is 1. The van der Waals surface area contributed by atoms with Crippen molar-refractivity contribution in [3.63, 3.8) is 0 Å². The Balaban J connectivity index is 1.49. The molecule has 0 fully saturated rings. The van der Waals surface area contributed by atoms with Gasteiger partial charge in [-0.3, -0.25) is 4.79 Å². The van der Waals surface area contributed by atoms with E-state index in [-0.39, 0.29) is 18.6 Å². The molecule has 1 amide bonds. The Morgan fingerprint density at radius 1 is 1.33 bits per heavy atom. The Morgan fingerprint density at radius 3 is 3.04 bits per heavy atom. The lowest BCUT2D eigenvalue weighted by Gasteiger charge is -2.34. The summed E-state index contributed by atoms with van der Waals surface area (Å²) >= 11 is 0. The van der Waals surface area contributed by atoms with Gasteiger partial charge in [0.25, 0.3) is 0 Å². The number of carbonyl (C=O) groups is 1. The zero-order chi connectivity index (χ0) is 18.8. The van der Waals surface area contributed by atoms with Crippen molar-refractivity contribution >= 4 is 17.3 Å². The second-order valence-electron chi connectivity index (χ2n) is 6.64. The zero-order valence-corrected chi connectivity index (χ0v) is 15.1. The van der Waals surface area contributed by atoms with Crippen molar-refractivity contribution in [2.45, 2.75) is 20.0 Å². The van der Waals surface area contributed by atoms with Crippen LogP contribution >= 0.6 is 0 Å². The molecular weight excluding hydrogens is 344 g/mol. The first-order valence-corrected chi connectivity index (χ1v) is 8.74. The highest BCUT2D eigenvalue weighted by atomic mass is 16.5. The fraction of sp³-hybridized carbons (Fsp3) is 0.263. The number of anilines is 2. The third kappa shape index (κ3) is 3.74. The van der Waals surface area contributed by atoms with Crippen molar-refractivity contribution in [3.8, 4) is 17.1 Å². The maximum atomic E-state index is 12.6. The van der Waals surface area contributed by atoms with Crippen LogP contribution in [0.25, 0.3) is 11.4 Å². The molecule has 138 valence electrons. The van der Waals surface area contributed by atoms with Crippen LogP contribution in [0.5, 0.6) is 5.75 Å². The van der Waals surface area contributed by atoms with Gasteiger partial charge < -0.3 is 15.0 Å². The number of aryl methyl sites for hydroxylation is 1. The summed E-state index contributed by atoms with van der Waals surface area (Å²) in [5, 5.41) is 16.8. The van der Waals surface area contributed by atoms with Crippen LogP contribution in [0.2, 0.25) is 0 Å². The molecule has 0 bridgehead atoms. The molecule has 0 spiro atoms. The maximum Gasteiger partial charge on any atom is 0.243 e. The number of ether oxygens (including phenoxy) is 1. The van der Waals surface area contributed by atoms with E-state index >= 15 is 0 Å². The number of aromatic nitrogens is 4. The monoisotopic (exact) mass is 364 g/mol. The number of fused-ring (bicyclic) bond motifs is 1. The average molecular weight is 364 g/mol. The first-order chi connectivity index (χ1) is 13.1. The van der Waals surface area contributed by atoms with Crippen LogP contribution in [-0.2, 0) is 4.79 Å². The summed E-state index contributed by atoms with van der Waals surface area (Å²) in [6, 6.07) is 13.4. The van der Waals surface area contributed by atoms with Gasteiger partial charge in [-0.15, -0.1) is 10.2 Å². The molecule has 27 heavy (non-hydrogen) atoms. The standard InChI is InChI=1S/C19H20N6O2/c1-12-6-7-17-16(8-12)25(10-13(2)27-17)11-18(26)20-15-5-3-4-14(9-15)19-21-23-24-22-19/h3-9,13H,10-11H2,1-2H3,(H,20,26)(H,21,22,23,24). The number of amides is 1. The van der Waals surface area contributed by atoms with Crippen LogP contribution < -0.4 is 15.0 Å². The van der Waals surface area contributed by atoms with E-state index in [1.807, 2.05) is 56.3 Å². The van der Waals surface area contributed by atoms with E-state index in [4.69, 9.17) is 4.74 Å². The number of nitrogens with zero attached hydrogens (tertiary/aromatic N) is 4. The molecule has 1 aromatic heterocycles. The van der Waals surface area contributed by atoms with E-state index in [2.05, 4.69) is 30.8 Å². The maximum absolute atomic E-state index is 12.6. The van der Waals surface area contributed by atoms with Crippen LogP contribution in [0, 0.1) is 6.92 Å². The number of H-pyrrole nitrogens is 1. The molecule has 0 radical (unpaired) electrons. The molecule has 8 nitrogen and oxygen atoms in total. The Bertz CT molecular complexity index is 957. The van der Waals surface area contributed by atoms with Crippen molar-refractivity contribution in [3.05, 3.63) is 48.0 Å². The minimum absolute atomic E-state index is 0.0228. The summed E-state index contributed by atoms with van der Waals surface area (Å²) in [6.45, 7) is 4.94. The molecule has 3 aromatic rings. The van der Waals surface area contributed by atoms with E-state index in [1.165, 1.54) is 0 Å². The summed E-state index contributed by atoms with van der Waals surface area (Å²) in [5.41, 5.74) is 3.55. The molecule has 4 rings (SSSR count). The van der Waals surface area contributed by atoms with Crippen LogP contribution in [0.1, 0.15) is 12.5 Å². The van der Waals surface area contributed by atoms with E-state index in [1.54, 1.807) is 0 Å². The summed E-state index contributed by atoms with van der Waals surface area (Å²) in [7, 11) is 0. The van der Waals surface area contributed by atoms with Gasteiger partial charge in [0.2, 0.25) is 11.7 Å². The van der Waals surface area contributed by atoms with Crippen molar-refractivity contribution in [1.29, 1.82) is 0 Å². The van der Waals surface area contributed by atoms with Crippen LogP contribution in [-0.4, -0.2) is 45.7 Å². The highest BCUT2D eigenvalue weighted by Gasteiger charge is 2.24. The molecule has 0 saturated carbocycles. The minimum atomic E-state index is -0.0955. The first kappa shape index (κ1) is 17.0. The topological polar surface area (TPSA) is 96.0 Å². The molecule has 1 atom stereocenters. The lowest BCUT2D eigenvalue weighted by molar-refractivity contribution is -0.115. The second-order valence-corrected chi connectivity index (χ2v) is 6.64. The summed E-state index contributed by atoms with van der Waals surface area (Å²) in [5.74, 6) is 1.20. The van der Waals surface area contributed by atoms with Gasteiger partial charge >= 0.3 is 0 Å². The van der Waals surface area contributed by atoms with Crippen molar-refractivity contribution in [2.24, 2.45) is 0 Å². The average Bonchev–Trinajstić information content (AvgIpc) is 3.17. The number of rotatable bonds is 4. The van der Waals surface area contributed by atoms with Gasteiger partial charge in [0, 0.05) is 11.3 Å². The normalized spacial score (nSPS) is 15.8. The predicted octanol–water partition coefficient (Wildman–Crippen LogP) is 2.40. The Labute approximate surface area is 156 Å². The molecule has 0 saturated heterocycles. The van der Waals surface area contributed by atoms with Gasteiger partial charge in [-0.2, -0.15) is 5.21 Å². The van der Waals surface area contributed by atoms with E-state index in [0.717, 1.165) is 22.6 Å². The third-order valence-electron chi connectivity index (χ3n) is 4.35. The largest absolute Gasteiger partial charge is 0.487 e. The predicted molar refractivity (Wildman–Crippen MR) is 102 cm³/mol. The number of nitrogens with one attached hydrogen (secondary N) is 2. The summed E-state index contributed by atoms with van der Waals surface area (Å²) in [6.07, 6.45) is 0.0228. The number of hydrogen-bond donors (Lipinski definition) is 2. The molecule has 2 N–H and O–H groups in total. The Hall–Kier alpha value is -3.42. The molecule has 8 heteroatoms. The van der Waals surface area contributed by atoms with Gasteiger partial charge in [-0.25, -0.2) is 0 Å². The van der Waals surface area contributed by atoms with Gasteiger partial charge in [0.05, 0.1) is 18.8 Å². The highest BCUT2D eigenvalue weighted by molar-refractivity contribution is 5.95. The molecule has 1 unspecified atom stereocenters. The molecular formula is C19H20N6O2. The van der Waals surface area contributed by atoms with E-state index in [9.17, 15) is 4.79 Å². The van der Waals surface area contributed by atoms with Crippen LogP contribution in [0.4, 0.5) is 11.4 Å². The van der Waals surface area contributed by atoms with Crippen molar-refractivity contribution < 1.29 is 9.53 Å². The molecule has 1 aliphatic rings. The van der Waals surface area contributed by atoms with E-state index < -0.39 is 0 Å². The zero-order valence-electron chi connectivity index (χ0n) is 15.1. The highest BCUT2D eigenvalue weighted by Crippen LogP contribution is 2.34. The summed E-state index contributed by atoms with van der Waals surface area (Å²) < 4.78 is 5.88. The van der Waals surface area contributed by atoms with Crippen molar-refractivity contribution in [1.82, 2.24) is 20.6 Å². The smallest absolute Gasteiger partial charge is 0.243 e. The number of hydrogen-bond acceptors (Lipinski definition) is 6. The first-order valence-electron chi connectivity index (χ1n) is 8.74. The van der Waals surface area contributed by atoms with Gasteiger partial charge in [0.15, 0.2) is 0 Å². The number of benzene rings is 2. The fourth-order valence-electron chi connectivity index (χ4n) is 3.18. The van der Waals surface area contributed by atoms with Crippen LogP contribution in [0.15, 0.2) is 42.5 Å². The van der Waals surface area contributed by atoms with Gasteiger partial charge in [-0.1, -0.05) is 18.2 Å². The van der Waals surface area contributed by atoms with E-state index in [0.29, 0.717) is 18.1 Å². The lowest BCUT2D eigenvalue weighted by Crippen LogP contribution is -2.42. The van der Waals surface area contributed by atoms with Crippen molar-refractivity contribution in [2.75, 3.05) is 23.3 Å². The van der Waals surface area contributed by atoms with Crippen LogP contribution in [0.3, 0.4) is 0 Å². The molecule has 1 aliphatic heterocycles. The van der Waals surface area contributed by atoms with Gasteiger partial charge in [0.1, 0.15) is 11.9 Å². The third-order valence-corrected chi connectivity index (χ3v) is 4.35. The molecule has 2 aromatic carbocycles. The molecule has 2 heterocycles. The quantitative estimate of drug-likeness (QED) is 0.738. The fourth-order valence-corrected chi connectivity index (χ4v) is 3.18. The lowest BCUT2D eigenvalue weighted by atomic mass is 10.1. The number of tetrazole rings is 1. The minimum Gasteiger partial charge on any atom is -0.487 e.